The maximum absolute atomic E-state index is 12.7. The first-order valence-corrected chi connectivity index (χ1v) is 7.88. The summed E-state index contributed by atoms with van der Waals surface area (Å²) in [5.41, 5.74) is 3.12. The van der Waals surface area contributed by atoms with Crippen LogP contribution in [-0.2, 0) is 16.0 Å². The number of carbonyl (C=O) groups excluding carboxylic acids is 1. The third-order valence-electron chi connectivity index (χ3n) is 4.24. The Balaban J connectivity index is 1.95. The molecule has 120 valence electrons. The molecule has 0 radical (unpaired) electrons. The van der Waals surface area contributed by atoms with E-state index in [9.17, 15) is 9.90 Å². The topological polar surface area (TPSA) is 62.5 Å². The normalized spacial score (nSPS) is 13.4. The van der Waals surface area contributed by atoms with Crippen LogP contribution in [0.5, 0.6) is 0 Å². The zero-order valence-electron chi connectivity index (χ0n) is 13.2. The van der Waals surface area contributed by atoms with Crippen molar-refractivity contribution in [2.45, 2.75) is 13.3 Å². The molecule has 0 amide bonds. The van der Waals surface area contributed by atoms with Crippen molar-refractivity contribution in [3.8, 4) is 11.3 Å². The molecule has 0 N–H and O–H groups in total. The molecule has 2 aromatic carbocycles. The molecule has 4 heteroatoms. The molecule has 0 aliphatic heterocycles. The molecule has 0 unspecified atom stereocenters. The fraction of sp³-hybridized carbons (Fsp3) is 0.150. The van der Waals surface area contributed by atoms with Gasteiger partial charge in [0.1, 0.15) is 11.3 Å². The summed E-state index contributed by atoms with van der Waals surface area (Å²) in [7, 11) is 0. The zero-order chi connectivity index (χ0) is 16.7. The summed E-state index contributed by atoms with van der Waals surface area (Å²) in [5, 5.41) is 13.5. The molecule has 1 heterocycles. The van der Waals surface area contributed by atoms with E-state index in [4.69, 9.17) is 9.15 Å². The van der Waals surface area contributed by atoms with Gasteiger partial charge in [0.05, 0.1) is 6.61 Å². The number of furan rings is 1. The molecule has 0 saturated carbocycles. The summed E-state index contributed by atoms with van der Waals surface area (Å²) in [4.78, 5) is 12.2. The molecule has 4 rings (SSSR count). The van der Waals surface area contributed by atoms with Gasteiger partial charge in [0, 0.05) is 28.5 Å². The quantitative estimate of drug-likeness (QED) is 0.695. The van der Waals surface area contributed by atoms with Gasteiger partial charge in [0.25, 0.3) is 0 Å². The van der Waals surface area contributed by atoms with Gasteiger partial charge >= 0.3 is 5.97 Å². The molecule has 0 bridgehead atoms. The molecule has 24 heavy (non-hydrogen) atoms. The minimum Gasteiger partial charge on any atom is -0.872 e. The molecule has 3 aromatic rings. The Morgan fingerprint density at radius 3 is 2.71 bits per heavy atom. The van der Waals surface area contributed by atoms with Crippen LogP contribution in [0.25, 0.3) is 28.1 Å². The molecule has 4 nitrogen and oxygen atoms in total. The van der Waals surface area contributed by atoms with Crippen molar-refractivity contribution >= 4 is 22.7 Å². The number of esters is 1. The molecule has 0 atom stereocenters. The van der Waals surface area contributed by atoms with E-state index in [2.05, 4.69) is 0 Å². The lowest BCUT2D eigenvalue weighted by Crippen LogP contribution is -2.20. The minimum atomic E-state index is -0.551. The van der Waals surface area contributed by atoms with Gasteiger partial charge in [0.15, 0.2) is 0 Å². The van der Waals surface area contributed by atoms with Gasteiger partial charge in [-0.2, -0.15) is 0 Å². The zero-order valence-corrected chi connectivity index (χ0v) is 13.2. The predicted octanol–water partition coefficient (Wildman–Crippen LogP) is 3.29. The summed E-state index contributed by atoms with van der Waals surface area (Å²) >= 11 is 0. The Kier molecular flexibility index (Phi) is 3.38. The van der Waals surface area contributed by atoms with E-state index < -0.39 is 5.97 Å². The summed E-state index contributed by atoms with van der Waals surface area (Å²) in [5.74, 6) is -0.121. The van der Waals surface area contributed by atoms with Crippen LogP contribution in [0.2, 0.25) is 0 Å². The second kappa shape index (κ2) is 5.57. The monoisotopic (exact) mass is 319 g/mol. The first-order valence-electron chi connectivity index (χ1n) is 7.88. The van der Waals surface area contributed by atoms with Gasteiger partial charge in [-0.3, -0.25) is 0 Å². The standard InChI is InChI=1S/C20H16O4/c1-2-23-20(22)15-11-14-17-13(18(15)21)9-6-10-16(17)24-19(14)12-7-4-3-5-8-12/h3-10,21H,2,11H2,1H3/p-1. The van der Waals surface area contributed by atoms with Crippen molar-refractivity contribution in [1.82, 2.24) is 0 Å². The highest BCUT2D eigenvalue weighted by Gasteiger charge is 2.27. The molecule has 1 aromatic heterocycles. The van der Waals surface area contributed by atoms with Crippen LogP contribution in [0.3, 0.4) is 0 Å². The molecule has 0 fully saturated rings. The lowest BCUT2D eigenvalue weighted by Gasteiger charge is -2.24. The number of carbonyl (C=O) groups is 1. The Morgan fingerprint density at radius 1 is 1.17 bits per heavy atom. The Morgan fingerprint density at radius 2 is 1.96 bits per heavy atom. The van der Waals surface area contributed by atoms with Crippen LogP contribution in [0.1, 0.15) is 18.1 Å². The fourth-order valence-electron chi connectivity index (χ4n) is 3.20. The Bertz CT molecular complexity index is 964. The predicted molar refractivity (Wildman–Crippen MR) is 88.9 cm³/mol. The molecular formula is C20H15O4-. The van der Waals surface area contributed by atoms with Crippen LogP contribution in [0.15, 0.2) is 58.5 Å². The lowest BCUT2D eigenvalue weighted by molar-refractivity contribution is -0.245. The van der Waals surface area contributed by atoms with Gasteiger partial charge in [-0.05, 0) is 18.6 Å². The number of benzene rings is 2. The van der Waals surface area contributed by atoms with Crippen molar-refractivity contribution in [2.24, 2.45) is 0 Å². The Hall–Kier alpha value is -3.01. The van der Waals surface area contributed by atoms with Crippen molar-refractivity contribution in [3.63, 3.8) is 0 Å². The van der Waals surface area contributed by atoms with Crippen LogP contribution in [-0.4, -0.2) is 12.6 Å². The highest BCUT2D eigenvalue weighted by Crippen LogP contribution is 2.41. The van der Waals surface area contributed by atoms with Crippen molar-refractivity contribution in [1.29, 1.82) is 0 Å². The van der Waals surface area contributed by atoms with Gasteiger partial charge in [0.2, 0.25) is 0 Å². The maximum atomic E-state index is 12.7. The van der Waals surface area contributed by atoms with Gasteiger partial charge in [-0.15, -0.1) is 0 Å². The van der Waals surface area contributed by atoms with Crippen molar-refractivity contribution in [2.75, 3.05) is 6.61 Å². The van der Waals surface area contributed by atoms with Crippen LogP contribution < -0.4 is 5.11 Å². The van der Waals surface area contributed by atoms with Gasteiger partial charge in [-0.1, -0.05) is 48.2 Å². The first kappa shape index (κ1) is 14.6. The summed E-state index contributed by atoms with van der Waals surface area (Å²) in [6, 6.07) is 15.0. The largest absolute Gasteiger partial charge is 0.872 e. The summed E-state index contributed by atoms with van der Waals surface area (Å²) in [6.07, 6.45) is 0.228. The lowest BCUT2D eigenvalue weighted by atomic mass is 9.89. The number of ether oxygens (including phenoxy) is 1. The molecule has 0 saturated heterocycles. The smallest absolute Gasteiger partial charge is 0.333 e. The average Bonchev–Trinajstić information content (AvgIpc) is 2.98. The van der Waals surface area contributed by atoms with Gasteiger partial charge < -0.3 is 14.3 Å². The van der Waals surface area contributed by atoms with E-state index in [1.165, 1.54) is 0 Å². The maximum Gasteiger partial charge on any atom is 0.333 e. The van der Waals surface area contributed by atoms with E-state index in [0.717, 1.165) is 16.5 Å². The molecule has 1 aliphatic rings. The van der Waals surface area contributed by atoms with E-state index in [-0.39, 0.29) is 24.4 Å². The van der Waals surface area contributed by atoms with Crippen LogP contribution >= 0.6 is 0 Å². The number of rotatable bonds is 3. The minimum absolute atomic E-state index is 0.162. The Labute approximate surface area is 139 Å². The van der Waals surface area contributed by atoms with E-state index in [0.29, 0.717) is 16.9 Å². The van der Waals surface area contributed by atoms with E-state index in [1.807, 2.05) is 36.4 Å². The second-order valence-corrected chi connectivity index (χ2v) is 5.66. The molecule has 0 spiro atoms. The fourth-order valence-corrected chi connectivity index (χ4v) is 3.20. The summed E-state index contributed by atoms with van der Waals surface area (Å²) < 4.78 is 11.1. The number of hydrogen-bond acceptors (Lipinski definition) is 4. The average molecular weight is 319 g/mol. The third-order valence-corrected chi connectivity index (χ3v) is 4.24. The van der Waals surface area contributed by atoms with Crippen LogP contribution in [0.4, 0.5) is 0 Å². The van der Waals surface area contributed by atoms with Crippen LogP contribution in [0, 0.1) is 0 Å². The highest BCUT2D eigenvalue weighted by atomic mass is 16.5. The summed E-state index contributed by atoms with van der Waals surface area (Å²) in [6.45, 7) is 1.97. The van der Waals surface area contributed by atoms with Crippen molar-refractivity contribution < 1.29 is 19.1 Å². The van der Waals surface area contributed by atoms with E-state index in [1.54, 1.807) is 19.1 Å². The first-order chi connectivity index (χ1) is 11.7. The SMILES string of the molecule is CCOC(=O)C1=C([O-])c2cccc3oc(-c4ccccc4)c(c23)C1. The molecular weight excluding hydrogens is 304 g/mol. The second-order valence-electron chi connectivity index (χ2n) is 5.66. The van der Waals surface area contributed by atoms with Gasteiger partial charge in [-0.25, -0.2) is 4.79 Å². The third kappa shape index (κ3) is 2.11. The highest BCUT2D eigenvalue weighted by molar-refractivity contribution is 6.06. The van der Waals surface area contributed by atoms with E-state index >= 15 is 0 Å². The molecule has 1 aliphatic carbocycles. The number of hydrogen-bond donors (Lipinski definition) is 0. The van der Waals surface area contributed by atoms with Crippen molar-refractivity contribution in [3.05, 3.63) is 65.2 Å².